The van der Waals surface area contributed by atoms with Gasteiger partial charge in [0.25, 0.3) is 0 Å². The van der Waals surface area contributed by atoms with Crippen LogP contribution >= 0.6 is 0 Å². The number of ether oxygens (including phenoxy) is 1. The highest BCUT2D eigenvalue weighted by atomic mass is 16.5. The second-order valence-electron chi connectivity index (χ2n) is 8.06. The van der Waals surface area contributed by atoms with Gasteiger partial charge in [-0.05, 0) is 31.2 Å². The molecule has 1 aromatic rings. The minimum absolute atomic E-state index is 0.00698. The Hall–Kier alpha value is -1.19. The van der Waals surface area contributed by atoms with Crippen LogP contribution in [0, 0.1) is 5.92 Å². The Labute approximate surface area is 147 Å². The molecule has 1 unspecified atom stereocenters. The number of Topliss-reactive ketones (excluding diaryl/α,β-unsaturated/α-hetero) is 1. The van der Waals surface area contributed by atoms with Crippen molar-refractivity contribution in [2.24, 2.45) is 5.92 Å². The van der Waals surface area contributed by atoms with Crippen molar-refractivity contribution in [3.63, 3.8) is 0 Å². The lowest BCUT2D eigenvalue weighted by atomic mass is 9.81. The predicted molar refractivity (Wildman–Crippen MR) is 99.7 cm³/mol. The average Bonchev–Trinajstić information content (AvgIpc) is 2.53. The Morgan fingerprint density at radius 2 is 1.75 bits per heavy atom. The van der Waals surface area contributed by atoms with Gasteiger partial charge < -0.3 is 4.74 Å². The van der Waals surface area contributed by atoms with Gasteiger partial charge in [0.05, 0.1) is 12.2 Å². The van der Waals surface area contributed by atoms with Crippen LogP contribution in [0.15, 0.2) is 24.3 Å². The van der Waals surface area contributed by atoms with E-state index in [1.165, 1.54) is 5.56 Å². The summed E-state index contributed by atoms with van der Waals surface area (Å²) in [5.74, 6) is 0.246. The number of rotatable bonds is 6. The monoisotopic (exact) mass is 331 g/mol. The Morgan fingerprint density at radius 3 is 2.25 bits per heavy atom. The third-order valence-electron chi connectivity index (χ3n) is 5.31. The van der Waals surface area contributed by atoms with Crippen molar-refractivity contribution in [1.82, 2.24) is 4.90 Å². The van der Waals surface area contributed by atoms with Gasteiger partial charge >= 0.3 is 0 Å². The Balaban J connectivity index is 2.00. The molecule has 134 valence electrons. The Morgan fingerprint density at radius 1 is 1.21 bits per heavy atom. The van der Waals surface area contributed by atoms with Crippen molar-refractivity contribution in [2.45, 2.75) is 65.6 Å². The number of carbonyl (C=O) groups is 1. The molecule has 0 amide bonds. The van der Waals surface area contributed by atoms with Gasteiger partial charge in [0.2, 0.25) is 0 Å². The first-order valence-corrected chi connectivity index (χ1v) is 9.25. The zero-order valence-corrected chi connectivity index (χ0v) is 16.1. The van der Waals surface area contributed by atoms with E-state index < -0.39 is 0 Å². The molecule has 3 atom stereocenters. The molecule has 1 saturated heterocycles. The van der Waals surface area contributed by atoms with Crippen molar-refractivity contribution in [3.05, 3.63) is 35.4 Å². The lowest BCUT2D eigenvalue weighted by Gasteiger charge is -2.36. The molecule has 0 spiro atoms. The molecule has 0 bridgehead atoms. The summed E-state index contributed by atoms with van der Waals surface area (Å²) < 4.78 is 5.77. The molecule has 3 heteroatoms. The van der Waals surface area contributed by atoms with E-state index in [1.807, 2.05) is 19.1 Å². The molecular weight excluding hydrogens is 298 g/mol. The molecule has 1 aliphatic heterocycles. The maximum absolute atomic E-state index is 12.8. The SMILES string of the molecule is CCC(C)(C)c1ccc(C(=O)C(C)CN2C[C@@H](C)O[C@@H](C)C2)cc1. The number of carbonyl (C=O) groups excluding carboxylic acids is 1. The summed E-state index contributed by atoms with van der Waals surface area (Å²) in [4.78, 5) is 15.1. The smallest absolute Gasteiger partial charge is 0.166 e. The number of ketones is 1. The minimum atomic E-state index is 0.00698. The second-order valence-corrected chi connectivity index (χ2v) is 8.06. The van der Waals surface area contributed by atoms with Crippen molar-refractivity contribution in [2.75, 3.05) is 19.6 Å². The Bertz CT molecular complexity index is 539. The fraction of sp³-hybridized carbons (Fsp3) is 0.667. The summed E-state index contributed by atoms with van der Waals surface area (Å²) >= 11 is 0. The molecule has 0 saturated carbocycles. The molecule has 1 aliphatic rings. The van der Waals surface area contributed by atoms with Crippen LogP contribution in [-0.4, -0.2) is 42.5 Å². The first-order valence-electron chi connectivity index (χ1n) is 9.25. The standard InChI is InChI=1S/C21H33NO2/c1-7-21(5,6)19-10-8-18(9-11-19)20(23)15(2)12-22-13-16(3)24-17(4)14-22/h8-11,15-17H,7,12-14H2,1-6H3/t15?,16-,17+. The molecule has 1 fully saturated rings. The van der Waals surface area contributed by atoms with Gasteiger partial charge in [-0.3, -0.25) is 9.69 Å². The lowest BCUT2D eigenvalue weighted by Crippen LogP contribution is -2.47. The largest absolute Gasteiger partial charge is 0.373 e. The molecule has 0 aromatic heterocycles. The van der Waals surface area contributed by atoms with Crippen molar-refractivity contribution in [3.8, 4) is 0 Å². The van der Waals surface area contributed by atoms with Crippen LogP contribution in [0.2, 0.25) is 0 Å². The van der Waals surface area contributed by atoms with Crippen LogP contribution in [0.3, 0.4) is 0 Å². The lowest BCUT2D eigenvalue weighted by molar-refractivity contribution is -0.0700. The van der Waals surface area contributed by atoms with E-state index in [4.69, 9.17) is 4.74 Å². The van der Waals surface area contributed by atoms with Gasteiger partial charge in [-0.1, -0.05) is 52.0 Å². The van der Waals surface area contributed by atoms with Crippen molar-refractivity contribution >= 4 is 5.78 Å². The maximum Gasteiger partial charge on any atom is 0.166 e. The predicted octanol–water partition coefficient (Wildman–Crippen LogP) is 4.30. The summed E-state index contributed by atoms with van der Waals surface area (Å²) in [7, 11) is 0. The van der Waals surface area contributed by atoms with E-state index >= 15 is 0 Å². The van der Waals surface area contributed by atoms with E-state index in [9.17, 15) is 4.79 Å². The third-order valence-corrected chi connectivity index (χ3v) is 5.31. The van der Waals surface area contributed by atoms with Gasteiger partial charge in [0, 0.05) is 31.1 Å². The molecule has 1 aromatic carbocycles. The van der Waals surface area contributed by atoms with Crippen LogP contribution in [0.5, 0.6) is 0 Å². The zero-order valence-electron chi connectivity index (χ0n) is 16.1. The highest BCUT2D eigenvalue weighted by Gasteiger charge is 2.26. The maximum atomic E-state index is 12.8. The molecule has 24 heavy (non-hydrogen) atoms. The van der Waals surface area contributed by atoms with Crippen molar-refractivity contribution < 1.29 is 9.53 Å². The topological polar surface area (TPSA) is 29.5 Å². The van der Waals surface area contributed by atoms with E-state index in [0.29, 0.717) is 0 Å². The molecule has 3 nitrogen and oxygen atoms in total. The first-order chi connectivity index (χ1) is 11.2. The van der Waals surface area contributed by atoms with Crippen LogP contribution in [0.4, 0.5) is 0 Å². The summed E-state index contributed by atoms with van der Waals surface area (Å²) in [5.41, 5.74) is 2.28. The fourth-order valence-corrected chi connectivity index (χ4v) is 3.48. The molecule has 0 radical (unpaired) electrons. The number of hydrogen-bond acceptors (Lipinski definition) is 3. The summed E-state index contributed by atoms with van der Waals surface area (Å²) in [6.45, 7) is 15.5. The number of benzene rings is 1. The van der Waals surface area contributed by atoms with E-state index in [-0.39, 0.29) is 29.3 Å². The van der Waals surface area contributed by atoms with Crippen LogP contribution < -0.4 is 0 Å². The Kier molecular flexibility index (Phi) is 6.22. The summed E-state index contributed by atoms with van der Waals surface area (Å²) in [6, 6.07) is 8.22. The molecule has 1 heterocycles. The average molecular weight is 332 g/mol. The van der Waals surface area contributed by atoms with Gasteiger partial charge in [-0.2, -0.15) is 0 Å². The number of morpholine rings is 1. The molecule has 0 N–H and O–H groups in total. The van der Waals surface area contributed by atoms with Gasteiger partial charge in [-0.15, -0.1) is 0 Å². The second kappa shape index (κ2) is 7.79. The normalized spacial score (nSPS) is 23.9. The molecule has 0 aliphatic carbocycles. The third kappa shape index (κ3) is 4.67. The quantitative estimate of drug-likeness (QED) is 0.728. The van der Waals surface area contributed by atoms with Crippen molar-refractivity contribution in [1.29, 1.82) is 0 Å². The molecule has 2 rings (SSSR count). The summed E-state index contributed by atoms with van der Waals surface area (Å²) in [5, 5.41) is 0. The van der Waals surface area contributed by atoms with E-state index in [2.05, 4.69) is 51.7 Å². The van der Waals surface area contributed by atoms with E-state index in [1.54, 1.807) is 0 Å². The number of hydrogen-bond donors (Lipinski definition) is 0. The van der Waals surface area contributed by atoms with Crippen LogP contribution in [0.1, 0.15) is 63.9 Å². The number of nitrogens with zero attached hydrogens (tertiary/aromatic N) is 1. The van der Waals surface area contributed by atoms with Gasteiger partial charge in [-0.25, -0.2) is 0 Å². The zero-order chi connectivity index (χ0) is 17.9. The minimum Gasteiger partial charge on any atom is -0.373 e. The van der Waals surface area contributed by atoms with Gasteiger partial charge in [0.15, 0.2) is 5.78 Å². The van der Waals surface area contributed by atoms with Crippen LogP contribution in [0.25, 0.3) is 0 Å². The van der Waals surface area contributed by atoms with Crippen LogP contribution in [-0.2, 0) is 10.2 Å². The fourth-order valence-electron chi connectivity index (χ4n) is 3.48. The van der Waals surface area contributed by atoms with E-state index in [0.717, 1.165) is 31.6 Å². The molecular formula is C21H33NO2. The highest BCUT2D eigenvalue weighted by molar-refractivity contribution is 5.97. The first kappa shape index (κ1) is 19.1. The highest BCUT2D eigenvalue weighted by Crippen LogP contribution is 2.27. The van der Waals surface area contributed by atoms with Gasteiger partial charge in [0.1, 0.15) is 0 Å². The summed E-state index contributed by atoms with van der Waals surface area (Å²) in [6.07, 6.45) is 1.57.